The Bertz CT molecular complexity index is 315. The highest BCUT2D eigenvalue weighted by molar-refractivity contribution is 9.10. The minimum absolute atomic E-state index is 0.659. The highest BCUT2D eigenvalue weighted by Crippen LogP contribution is 2.12. The Morgan fingerprint density at radius 1 is 1.44 bits per heavy atom. The van der Waals surface area contributed by atoms with Crippen LogP contribution in [-0.4, -0.2) is 29.5 Å². The second-order valence-corrected chi connectivity index (χ2v) is 5.34. The van der Waals surface area contributed by atoms with Gasteiger partial charge in [0.05, 0.1) is 0 Å². The van der Waals surface area contributed by atoms with Crippen LogP contribution in [0, 0.1) is 5.92 Å². The van der Waals surface area contributed by atoms with E-state index in [1.165, 1.54) is 5.56 Å². The van der Waals surface area contributed by atoms with E-state index in [0.717, 1.165) is 24.1 Å². The highest BCUT2D eigenvalue weighted by atomic mass is 79.9. The molecular formula is C12H20BrN3. The zero-order valence-electron chi connectivity index (χ0n) is 9.99. The fourth-order valence-electron chi connectivity index (χ4n) is 1.73. The van der Waals surface area contributed by atoms with Crippen molar-refractivity contribution in [3.8, 4) is 0 Å². The van der Waals surface area contributed by atoms with Gasteiger partial charge in [-0.05, 0) is 33.5 Å². The van der Waals surface area contributed by atoms with Crippen molar-refractivity contribution in [1.29, 1.82) is 0 Å². The molecule has 0 spiro atoms. The molecule has 0 aliphatic heterocycles. The van der Waals surface area contributed by atoms with Gasteiger partial charge in [0.15, 0.2) is 0 Å². The Morgan fingerprint density at radius 3 is 2.75 bits per heavy atom. The summed E-state index contributed by atoms with van der Waals surface area (Å²) in [6, 6.07) is 2.11. The molecule has 0 radical (unpaired) electrons. The van der Waals surface area contributed by atoms with Crippen LogP contribution in [0.3, 0.4) is 0 Å². The summed E-state index contributed by atoms with van der Waals surface area (Å²) in [6.45, 7) is 8.08. The first-order valence-electron chi connectivity index (χ1n) is 5.63. The molecule has 0 amide bonds. The van der Waals surface area contributed by atoms with Gasteiger partial charge in [-0.1, -0.05) is 13.8 Å². The molecule has 16 heavy (non-hydrogen) atoms. The van der Waals surface area contributed by atoms with Gasteiger partial charge in [-0.3, -0.25) is 9.88 Å². The van der Waals surface area contributed by atoms with Crippen LogP contribution in [0.1, 0.15) is 19.4 Å². The van der Waals surface area contributed by atoms with Crippen molar-refractivity contribution in [2.75, 3.05) is 19.6 Å². The molecule has 0 saturated heterocycles. The average Bonchev–Trinajstić information content (AvgIpc) is 2.16. The Hall–Kier alpha value is -0.450. The summed E-state index contributed by atoms with van der Waals surface area (Å²) in [5.74, 6) is 0.659. The fraction of sp³-hybridized carbons (Fsp3) is 0.583. The predicted octanol–water partition coefficient (Wildman–Crippen LogP) is 2.26. The van der Waals surface area contributed by atoms with Gasteiger partial charge in [0, 0.05) is 43.0 Å². The molecule has 90 valence electrons. The van der Waals surface area contributed by atoms with Gasteiger partial charge < -0.3 is 5.73 Å². The first kappa shape index (κ1) is 13.6. The van der Waals surface area contributed by atoms with Crippen LogP contribution in [0.25, 0.3) is 0 Å². The van der Waals surface area contributed by atoms with E-state index in [2.05, 4.69) is 45.7 Å². The summed E-state index contributed by atoms with van der Waals surface area (Å²) in [6.07, 6.45) is 3.72. The van der Waals surface area contributed by atoms with Crippen LogP contribution in [0.15, 0.2) is 22.9 Å². The number of aromatic nitrogens is 1. The Morgan fingerprint density at radius 2 is 2.19 bits per heavy atom. The molecule has 4 heteroatoms. The molecule has 1 rings (SSSR count). The van der Waals surface area contributed by atoms with Gasteiger partial charge in [0.1, 0.15) is 0 Å². The van der Waals surface area contributed by atoms with E-state index in [-0.39, 0.29) is 0 Å². The molecule has 2 N–H and O–H groups in total. The molecule has 1 aromatic rings. The first-order valence-corrected chi connectivity index (χ1v) is 6.43. The van der Waals surface area contributed by atoms with E-state index in [0.29, 0.717) is 12.5 Å². The van der Waals surface area contributed by atoms with Crippen LogP contribution in [-0.2, 0) is 6.54 Å². The quantitative estimate of drug-likeness (QED) is 0.872. The van der Waals surface area contributed by atoms with Crippen LogP contribution in [0.4, 0.5) is 0 Å². The van der Waals surface area contributed by atoms with Gasteiger partial charge in [0.25, 0.3) is 0 Å². The lowest BCUT2D eigenvalue weighted by Gasteiger charge is -2.23. The molecule has 0 fully saturated rings. The van der Waals surface area contributed by atoms with Crippen molar-refractivity contribution < 1.29 is 0 Å². The molecule has 0 atom stereocenters. The molecule has 0 aromatic carbocycles. The number of nitrogens with zero attached hydrogens (tertiary/aromatic N) is 2. The molecule has 1 aromatic heterocycles. The molecule has 0 bridgehead atoms. The van der Waals surface area contributed by atoms with Gasteiger partial charge >= 0.3 is 0 Å². The SMILES string of the molecule is CC(C)CN(CCN)Cc1cncc(Br)c1. The van der Waals surface area contributed by atoms with Gasteiger partial charge in [-0.15, -0.1) is 0 Å². The smallest absolute Gasteiger partial charge is 0.0410 e. The maximum absolute atomic E-state index is 5.62. The van der Waals surface area contributed by atoms with Crippen molar-refractivity contribution in [2.24, 2.45) is 11.7 Å². The molecule has 0 unspecified atom stereocenters. The molecule has 0 aliphatic carbocycles. The number of hydrogen-bond acceptors (Lipinski definition) is 3. The monoisotopic (exact) mass is 285 g/mol. The lowest BCUT2D eigenvalue weighted by Crippen LogP contribution is -2.32. The van der Waals surface area contributed by atoms with Crippen molar-refractivity contribution in [1.82, 2.24) is 9.88 Å². The largest absolute Gasteiger partial charge is 0.329 e. The van der Waals surface area contributed by atoms with E-state index in [9.17, 15) is 0 Å². The summed E-state index contributed by atoms with van der Waals surface area (Å²) >= 11 is 3.44. The average molecular weight is 286 g/mol. The van der Waals surface area contributed by atoms with Gasteiger partial charge in [-0.25, -0.2) is 0 Å². The Kier molecular flexibility index (Phi) is 5.95. The lowest BCUT2D eigenvalue weighted by molar-refractivity contribution is 0.242. The number of rotatable bonds is 6. The molecular weight excluding hydrogens is 266 g/mol. The minimum atomic E-state index is 0.659. The van der Waals surface area contributed by atoms with Crippen molar-refractivity contribution in [3.63, 3.8) is 0 Å². The molecule has 1 heterocycles. The standard InChI is InChI=1S/C12H20BrN3/c1-10(2)8-16(4-3-14)9-11-5-12(13)7-15-6-11/h5-7,10H,3-4,8-9,14H2,1-2H3. The Balaban J connectivity index is 2.60. The van der Waals surface area contributed by atoms with E-state index in [4.69, 9.17) is 5.73 Å². The summed E-state index contributed by atoms with van der Waals surface area (Å²) < 4.78 is 1.03. The number of hydrogen-bond donors (Lipinski definition) is 1. The maximum atomic E-state index is 5.62. The summed E-state index contributed by atoms with van der Waals surface area (Å²) in [5, 5.41) is 0. The van der Waals surface area contributed by atoms with E-state index >= 15 is 0 Å². The normalized spacial score (nSPS) is 11.4. The van der Waals surface area contributed by atoms with Crippen LogP contribution >= 0.6 is 15.9 Å². The van der Waals surface area contributed by atoms with Crippen molar-refractivity contribution in [3.05, 3.63) is 28.5 Å². The number of pyridine rings is 1. The second kappa shape index (κ2) is 6.99. The second-order valence-electron chi connectivity index (χ2n) is 4.43. The van der Waals surface area contributed by atoms with Crippen LogP contribution in [0.5, 0.6) is 0 Å². The van der Waals surface area contributed by atoms with E-state index in [1.807, 2.05) is 6.20 Å². The lowest BCUT2D eigenvalue weighted by atomic mass is 10.2. The predicted molar refractivity (Wildman–Crippen MR) is 71.1 cm³/mol. The van der Waals surface area contributed by atoms with E-state index < -0.39 is 0 Å². The molecule has 0 aliphatic rings. The van der Waals surface area contributed by atoms with Gasteiger partial charge in [-0.2, -0.15) is 0 Å². The first-order chi connectivity index (χ1) is 7.61. The summed E-state index contributed by atoms with van der Waals surface area (Å²) in [5.41, 5.74) is 6.85. The van der Waals surface area contributed by atoms with Crippen molar-refractivity contribution >= 4 is 15.9 Å². The fourth-order valence-corrected chi connectivity index (χ4v) is 2.15. The minimum Gasteiger partial charge on any atom is -0.329 e. The highest BCUT2D eigenvalue weighted by Gasteiger charge is 2.07. The zero-order chi connectivity index (χ0) is 12.0. The van der Waals surface area contributed by atoms with Gasteiger partial charge in [0.2, 0.25) is 0 Å². The Labute approximate surface area is 106 Å². The van der Waals surface area contributed by atoms with E-state index in [1.54, 1.807) is 6.20 Å². The summed E-state index contributed by atoms with van der Waals surface area (Å²) in [4.78, 5) is 6.54. The molecule has 0 saturated carbocycles. The molecule has 3 nitrogen and oxygen atoms in total. The van der Waals surface area contributed by atoms with Crippen LogP contribution < -0.4 is 5.73 Å². The third kappa shape index (κ3) is 5.05. The number of nitrogens with two attached hydrogens (primary N) is 1. The zero-order valence-corrected chi connectivity index (χ0v) is 11.6. The van der Waals surface area contributed by atoms with Crippen LogP contribution in [0.2, 0.25) is 0 Å². The third-order valence-electron chi connectivity index (χ3n) is 2.24. The topological polar surface area (TPSA) is 42.1 Å². The number of halogens is 1. The maximum Gasteiger partial charge on any atom is 0.0410 e. The third-order valence-corrected chi connectivity index (χ3v) is 2.67. The van der Waals surface area contributed by atoms with Crippen molar-refractivity contribution in [2.45, 2.75) is 20.4 Å². The summed E-state index contributed by atoms with van der Waals surface area (Å²) in [7, 11) is 0.